The Morgan fingerprint density at radius 3 is 2.54 bits per heavy atom. The van der Waals surface area contributed by atoms with Gasteiger partial charge in [0.25, 0.3) is 5.91 Å². The van der Waals surface area contributed by atoms with Gasteiger partial charge in [-0.2, -0.15) is 0 Å². The largest absolute Gasteiger partial charge is 0.481 e. The molecule has 1 atom stereocenters. The average molecular weight is 395 g/mol. The Labute approximate surface area is 167 Å². The number of rotatable bonds is 6. The van der Waals surface area contributed by atoms with Crippen molar-refractivity contribution in [3.05, 3.63) is 59.5 Å². The predicted octanol–water partition coefficient (Wildman–Crippen LogP) is 4.48. The SMILES string of the molecule is CC(=O)Nc1ccc(-c2csc(NC(=O)[C@@H](C)Oc3cccc(C)c3)n2)cc1. The fourth-order valence-corrected chi connectivity index (χ4v) is 3.27. The van der Waals surface area contributed by atoms with Crippen molar-refractivity contribution in [1.82, 2.24) is 4.98 Å². The number of anilines is 2. The van der Waals surface area contributed by atoms with Gasteiger partial charge in [-0.3, -0.25) is 14.9 Å². The van der Waals surface area contributed by atoms with E-state index in [1.807, 2.05) is 60.8 Å². The zero-order valence-corrected chi connectivity index (χ0v) is 16.7. The van der Waals surface area contributed by atoms with Gasteiger partial charge in [-0.15, -0.1) is 11.3 Å². The molecule has 0 aliphatic rings. The summed E-state index contributed by atoms with van der Waals surface area (Å²) in [6.07, 6.45) is -0.647. The van der Waals surface area contributed by atoms with Crippen LogP contribution in [-0.4, -0.2) is 22.9 Å². The van der Waals surface area contributed by atoms with Crippen molar-refractivity contribution >= 4 is 34.0 Å². The molecule has 2 N–H and O–H groups in total. The van der Waals surface area contributed by atoms with E-state index >= 15 is 0 Å². The maximum absolute atomic E-state index is 12.4. The van der Waals surface area contributed by atoms with E-state index in [0.29, 0.717) is 10.9 Å². The highest BCUT2D eigenvalue weighted by Crippen LogP contribution is 2.26. The summed E-state index contributed by atoms with van der Waals surface area (Å²) in [6, 6.07) is 14.9. The van der Waals surface area contributed by atoms with Crippen molar-refractivity contribution in [2.75, 3.05) is 10.6 Å². The number of carbonyl (C=O) groups is 2. The highest BCUT2D eigenvalue weighted by Gasteiger charge is 2.17. The van der Waals surface area contributed by atoms with Gasteiger partial charge in [0.05, 0.1) is 5.69 Å². The molecule has 0 radical (unpaired) electrons. The third-order valence-corrected chi connectivity index (χ3v) is 4.66. The smallest absolute Gasteiger partial charge is 0.266 e. The first-order chi connectivity index (χ1) is 13.4. The van der Waals surface area contributed by atoms with Crippen LogP contribution < -0.4 is 15.4 Å². The number of hydrogen-bond acceptors (Lipinski definition) is 5. The number of amides is 2. The van der Waals surface area contributed by atoms with E-state index in [-0.39, 0.29) is 11.8 Å². The van der Waals surface area contributed by atoms with Gasteiger partial charge in [0.1, 0.15) is 5.75 Å². The molecule has 28 heavy (non-hydrogen) atoms. The van der Waals surface area contributed by atoms with Crippen LogP contribution in [0.15, 0.2) is 53.9 Å². The summed E-state index contributed by atoms with van der Waals surface area (Å²) in [4.78, 5) is 27.9. The molecule has 0 spiro atoms. The van der Waals surface area contributed by atoms with Crippen molar-refractivity contribution in [2.24, 2.45) is 0 Å². The molecule has 7 heteroatoms. The second-order valence-electron chi connectivity index (χ2n) is 6.36. The van der Waals surface area contributed by atoms with Crippen molar-refractivity contribution in [1.29, 1.82) is 0 Å². The van der Waals surface area contributed by atoms with Crippen LogP contribution in [0.3, 0.4) is 0 Å². The molecule has 0 fully saturated rings. The summed E-state index contributed by atoms with van der Waals surface area (Å²) in [5.41, 5.74) is 3.44. The summed E-state index contributed by atoms with van der Waals surface area (Å²) in [5, 5.41) is 7.89. The minimum Gasteiger partial charge on any atom is -0.481 e. The van der Waals surface area contributed by atoms with E-state index in [0.717, 1.165) is 22.5 Å². The zero-order chi connectivity index (χ0) is 20.1. The van der Waals surface area contributed by atoms with Crippen LogP contribution >= 0.6 is 11.3 Å². The molecule has 0 saturated heterocycles. The van der Waals surface area contributed by atoms with Gasteiger partial charge in [-0.1, -0.05) is 24.3 Å². The minimum atomic E-state index is -0.647. The number of nitrogens with zero attached hydrogens (tertiary/aromatic N) is 1. The Hall–Kier alpha value is -3.19. The second-order valence-corrected chi connectivity index (χ2v) is 7.22. The summed E-state index contributed by atoms with van der Waals surface area (Å²) in [7, 11) is 0. The molecule has 6 nitrogen and oxygen atoms in total. The molecule has 0 aliphatic carbocycles. The van der Waals surface area contributed by atoms with E-state index < -0.39 is 6.10 Å². The molecule has 3 aromatic rings. The third-order valence-electron chi connectivity index (χ3n) is 3.91. The Kier molecular flexibility index (Phi) is 6.06. The van der Waals surface area contributed by atoms with Gasteiger partial charge >= 0.3 is 0 Å². The molecule has 0 bridgehead atoms. The van der Waals surface area contributed by atoms with Crippen molar-refractivity contribution in [3.63, 3.8) is 0 Å². The van der Waals surface area contributed by atoms with Gasteiger partial charge in [0.15, 0.2) is 11.2 Å². The average Bonchev–Trinajstić information content (AvgIpc) is 3.10. The molecule has 1 aromatic heterocycles. The number of benzene rings is 2. The van der Waals surface area contributed by atoms with Gasteiger partial charge in [0.2, 0.25) is 5.91 Å². The molecular formula is C21H21N3O3S. The molecule has 3 rings (SSSR count). The van der Waals surface area contributed by atoms with E-state index in [9.17, 15) is 9.59 Å². The van der Waals surface area contributed by atoms with Crippen LogP contribution in [0.25, 0.3) is 11.3 Å². The Morgan fingerprint density at radius 1 is 1.11 bits per heavy atom. The summed E-state index contributed by atoms with van der Waals surface area (Å²) in [5.74, 6) is 0.276. The quantitative estimate of drug-likeness (QED) is 0.645. The lowest BCUT2D eigenvalue weighted by molar-refractivity contribution is -0.122. The molecule has 0 aliphatic heterocycles. The number of aromatic nitrogens is 1. The topological polar surface area (TPSA) is 80.3 Å². The van der Waals surface area contributed by atoms with E-state index in [2.05, 4.69) is 15.6 Å². The number of thiazole rings is 1. The first kappa shape index (κ1) is 19.6. The Morgan fingerprint density at radius 2 is 1.86 bits per heavy atom. The zero-order valence-electron chi connectivity index (χ0n) is 15.9. The minimum absolute atomic E-state index is 0.117. The van der Waals surface area contributed by atoms with Crippen LogP contribution in [0, 0.1) is 6.92 Å². The highest BCUT2D eigenvalue weighted by molar-refractivity contribution is 7.14. The van der Waals surface area contributed by atoms with Crippen LogP contribution in [-0.2, 0) is 9.59 Å². The number of nitrogens with one attached hydrogen (secondary N) is 2. The lowest BCUT2D eigenvalue weighted by Gasteiger charge is -2.14. The maximum Gasteiger partial charge on any atom is 0.266 e. The normalized spacial score (nSPS) is 11.5. The number of carbonyl (C=O) groups excluding carboxylic acids is 2. The number of hydrogen-bond donors (Lipinski definition) is 2. The molecule has 2 aromatic carbocycles. The Balaban J connectivity index is 1.62. The summed E-state index contributed by atoms with van der Waals surface area (Å²) in [6.45, 7) is 5.14. The summed E-state index contributed by atoms with van der Waals surface area (Å²) >= 11 is 1.35. The van der Waals surface area contributed by atoms with Crippen LogP contribution in [0.4, 0.5) is 10.8 Å². The predicted molar refractivity (Wildman–Crippen MR) is 112 cm³/mol. The second kappa shape index (κ2) is 8.67. The van der Waals surface area contributed by atoms with Crippen LogP contribution in [0.5, 0.6) is 5.75 Å². The van der Waals surface area contributed by atoms with Crippen LogP contribution in [0.2, 0.25) is 0 Å². The van der Waals surface area contributed by atoms with Gasteiger partial charge in [-0.25, -0.2) is 4.98 Å². The molecule has 0 saturated carbocycles. The van der Waals surface area contributed by atoms with Crippen molar-refractivity contribution in [3.8, 4) is 17.0 Å². The van der Waals surface area contributed by atoms with Crippen molar-refractivity contribution in [2.45, 2.75) is 26.9 Å². The maximum atomic E-state index is 12.4. The van der Waals surface area contributed by atoms with Gasteiger partial charge < -0.3 is 10.1 Å². The first-order valence-electron chi connectivity index (χ1n) is 8.78. The Bertz CT molecular complexity index is 983. The van der Waals surface area contributed by atoms with E-state index in [1.54, 1.807) is 6.92 Å². The lowest BCUT2D eigenvalue weighted by Crippen LogP contribution is -2.30. The van der Waals surface area contributed by atoms with E-state index in [1.165, 1.54) is 18.3 Å². The molecule has 1 heterocycles. The monoisotopic (exact) mass is 395 g/mol. The number of ether oxygens (including phenoxy) is 1. The summed E-state index contributed by atoms with van der Waals surface area (Å²) < 4.78 is 5.70. The molecule has 2 amide bonds. The van der Waals surface area contributed by atoms with Crippen molar-refractivity contribution < 1.29 is 14.3 Å². The van der Waals surface area contributed by atoms with Crippen LogP contribution in [0.1, 0.15) is 19.4 Å². The van der Waals surface area contributed by atoms with Gasteiger partial charge in [-0.05, 0) is 43.7 Å². The molecule has 0 unspecified atom stereocenters. The number of aryl methyl sites for hydroxylation is 1. The fraction of sp³-hybridized carbons (Fsp3) is 0.190. The third kappa shape index (κ3) is 5.17. The molecular weight excluding hydrogens is 374 g/mol. The van der Waals surface area contributed by atoms with E-state index in [4.69, 9.17) is 4.74 Å². The molecule has 144 valence electrons. The standard InChI is InChI=1S/C21H21N3O3S/c1-13-5-4-6-18(11-13)27-14(2)20(26)24-21-23-19(12-28-21)16-7-9-17(10-8-16)22-15(3)25/h4-12,14H,1-3H3,(H,22,25)(H,23,24,26)/t14-/m1/s1. The first-order valence-corrected chi connectivity index (χ1v) is 9.66. The van der Waals surface area contributed by atoms with Gasteiger partial charge in [0, 0.05) is 23.6 Å². The fourth-order valence-electron chi connectivity index (χ4n) is 2.54. The lowest BCUT2D eigenvalue weighted by atomic mass is 10.1. The highest BCUT2D eigenvalue weighted by atomic mass is 32.1.